The van der Waals surface area contributed by atoms with Crippen LogP contribution in [0, 0.1) is 13.8 Å². The van der Waals surface area contributed by atoms with Gasteiger partial charge < -0.3 is 10.6 Å². The van der Waals surface area contributed by atoms with E-state index in [1.165, 1.54) is 24.0 Å². The average Bonchev–Trinajstić information content (AvgIpc) is 3.27. The van der Waals surface area contributed by atoms with Gasteiger partial charge >= 0.3 is 0 Å². The van der Waals surface area contributed by atoms with Crippen LogP contribution in [0.2, 0.25) is 0 Å². The van der Waals surface area contributed by atoms with Gasteiger partial charge in [0.2, 0.25) is 0 Å². The molecule has 1 aliphatic rings. The zero-order valence-corrected chi connectivity index (χ0v) is 12.2. The first-order chi connectivity index (χ1) is 9.65. The molecule has 0 aliphatic heterocycles. The van der Waals surface area contributed by atoms with Crippen molar-refractivity contribution in [3.05, 3.63) is 41.2 Å². The fourth-order valence-corrected chi connectivity index (χ4v) is 2.19. The number of benzene rings is 1. The van der Waals surface area contributed by atoms with Crippen molar-refractivity contribution >= 4 is 17.3 Å². The van der Waals surface area contributed by atoms with Crippen molar-refractivity contribution in [1.29, 1.82) is 0 Å². The minimum absolute atomic E-state index is 0.544. The molecule has 2 aromatic rings. The topological polar surface area (TPSA) is 49.8 Å². The number of aryl methyl sites for hydroxylation is 2. The van der Waals surface area contributed by atoms with Gasteiger partial charge in [0.15, 0.2) is 0 Å². The largest absolute Gasteiger partial charge is 0.373 e. The van der Waals surface area contributed by atoms with Gasteiger partial charge in [-0.05, 0) is 43.9 Å². The summed E-state index contributed by atoms with van der Waals surface area (Å²) in [6.45, 7) is 4.20. The van der Waals surface area contributed by atoms with E-state index in [2.05, 4.69) is 52.6 Å². The van der Waals surface area contributed by atoms with Crippen LogP contribution in [0.25, 0.3) is 0 Å². The van der Waals surface area contributed by atoms with Gasteiger partial charge in [0.1, 0.15) is 17.5 Å². The molecule has 0 atom stereocenters. The molecular formula is C16H20N4. The van der Waals surface area contributed by atoms with Crippen molar-refractivity contribution in [2.75, 3.05) is 17.7 Å². The maximum Gasteiger partial charge on any atom is 0.136 e. The molecule has 0 saturated heterocycles. The summed E-state index contributed by atoms with van der Waals surface area (Å²) in [5, 5.41) is 6.53. The molecule has 2 N–H and O–H groups in total. The minimum Gasteiger partial charge on any atom is -0.373 e. The van der Waals surface area contributed by atoms with E-state index in [0.717, 1.165) is 23.1 Å². The molecule has 1 fully saturated rings. The molecule has 0 amide bonds. The lowest BCUT2D eigenvalue weighted by Gasteiger charge is -2.12. The number of hydrogen-bond donors (Lipinski definition) is 2. The standard InChI is InChI=1S/C16H20N4/c1-10-4-5-11(2)13(8-10)18-15-9-14(17-3)19-16(20-15)12-6-7-12/h4-5,8-9,12H,6-7H2,1-3H3,(H2,17,18,19,20). The second-order valence-corrected chi connectivity index (χ2v) is 5.46. The first-order valence-electron chi connectivity index (χ1n) is 7.06. The van der Waals surface area contributed by atoms with Crippen molar-refractivity contribution in [1.82, 2.24) is 9.97 Å². The Labute approximate surface area is 119 Å². The predicted octanol–water partition coefficient (Wildman–Crippen LogP) is 3.76. The molecule has 1 aromatic heterocycles. The Bertz CT molecular complexity index is 632. The monoisotopic (exact) mass is 268 g/mol. The number of hydrogen-bond acceptors (Lipinski definition) is 4. The summed E-state index contributed by atoms with van der Waals surface area (Å²) in [5.74, 6) is 3.22. The Kier molecular flexibility index (Phi) is 3.30. The third-order valence-corrected chi connectivity index (χ3v) is 3.60. The maximum absolute atomic E-state index is 4.65. The molecule has 1 aliphatic carbocycles. The lowest BCUT2D eigenvalue weighted by atomic mass is 10.1. The highest BCUT2D eigenvalue weighted by atomic mass is 15.1. The van der Waals surface area contributed by atoms with E-state index in [1.807, 2.05) is 13.1 Å². The van der Waals surface area contributed by atoms with Gasteiger partial charge in [-0.25, -0.2) is 9.97 Å². The molecule has 3 rings (SSSR count). The lowest BCUT2D eigenvalue weighted by molar-refractivity contribution is 0.932. The van der Waals surface area contributed by atoms with Gasteiger partial charge in [-0.2, -0.15) is 0 Å². The Morgan fingerprint density at radius 2 is 1.80 bits per heavy atom. The van der Waals surface area contributed by atoms with Crippen LogP contribution in [0.4, 0.5) is 17.3 Å². The quantitative estimate of drug-likeness (QED) is 0.886. The van der Waals surface area contributed by atoms with Crippen LogP contribution in [-0.4, -0.2) is 17.0 Å². The van der Waals surface area contributed by atoms with E-state index >= 15 is 0 Å². The summed E-state index contributed by atoms with van der Waals surface area (Å²) < 4.78 is 0. The Morgan fingerprint density at radius 1 is 1.05 bits per heavy atom. The van der Waals surface area contributed by atoms with Gasteiger partial charge in [-0.15, -0.1) is 0 Å². The first kappa shape index (κ1) is 12.9. The first-order valence-corrected chi connectivity index (χ1v) is 7.06. The molecule has 4 heteroatoms. The predicted molar refractivity (Wildman–Crippen MR) is 82.8 cm³/mol. The lowest BCUT2D eigenvalue weighted by Crippen LogP contribution is -2.03. The molecule has 104 valence electrons. The van der Waals surface area contributed by atoms with E-state index < -0.39 is 0 Å². The number of rotatable bonds is 4. The second-order valence-electron chi connectivity index (χ2n) is 5.46. The molecule has 0 spiro atoms. The van der Waals surface area contributed by atoms with Crippen molar-refractivity contribution in [2.24, 2.45) is 0 Å². The van der Waals surface area contributed by atoms with Crippen LogP contribution in [0.1, 0.15) is 35.7 Å². The summed E-state index contributed by atoms with van der Waals surface area (Å²) in [6, 6.07) is 8.34. The average molecular weight is 268 g/mol. The van der Waals surface area contributed by atoms with E-state index in [9.17, 15) is 0 Å². The molecule has 0 radical (unpaired) electrons. The van der Waals surface area contributed by atoms with Gasteiger partial charge in [0.25, 0.3) is 0 Å². The third kappa shape index (κ3) is 2.74. The smallest absolute Gasteiger partial charge is 0.136 e. The third-order valence-electron chi connectivity index (χ3n) is 3.60. The number of nitrogens with zero attached hydrogens (tertiary/aromatic N) is 2. The molecule has 1 heterocycles. The number of aromatic nitrogens is 2. The highest BCUT2D eigenvalue weighted by Gasteiger charge is 2.27. The van der Waals surface area contributed by atoms with Crippen LogP contribution in [0.3, 0.4) is 0 Å². The fraction of sp³-hybridized carbons (Fsp3) is 0.375. The van der Waals surface area contributed by atoms with Gasteiger partial charge in [0, 0.05) is 24.7 Å². The zero-order valence-electron chi connectivity index (χ0n) is 12.2. The van der Waals surface area contributed by atoms with E-state index in [1.54, 1.807) is 0 Å². The summed E-state index contributed by atoms with van der Waals surface area (Å²) in [7, 11) is 1.89. The highest BCUT2D eigenvalue weighted by molar-refractivity contribution is 5.63. The summed E-state index contributed by atoms with van der Waals surface area (Å²) in [6.07, 6.45) is 2.41. The van der Waals surface area contributed by atoms with Gasteiger partial charge in [-0.3, -0.25) is 0 Å². The normalized spacial score (nSPS) is 14.2. The van der Waals surface area contributed by atoms with Crippen molar-refractivity contribution in [3.8, 4) is 0 Å². The molecule has 4 nitrogen and oxygen atoms in total. The maximum atomic E-state index is 4.65. The second kappa shape index (κ2) is 5.12. The molecule has 20 heavy (non-hydrogen) atoms. The summed E-state index contributed by atoms with van der Waals surface area (Å²) >= 11 is 0. The Hall–Kier alpha value is -2.10. The Morgan fingerprint density at radius 3 is 2.50 bits per heavy atom. The molecule has 0 unspecified atom stereocenters. The fourth-order valence-electron chi connectivity index (χ4n) is 2.19. The molecule has 0 bridgehead atoms. The molecule has 1 aromatic carbocycles. The van der Waals surface area contributed by atoms with Crippen LogP contribution >= 0.6 is 0 Å². The van der Waals surface area contributed by atoms with Crippen LogP contribution in [-0.2, 0) is 0 Å². The van der Waals surface area contributed by atoms with Crippen LogP contribution in [0.15, 0.2) is 24.3 Å². The number of nitrogens with one attached hydrogen (secondary N) is 2. The molecular weight excluding hydrogens is 248 g/mol. The summed E-state index contributed by atoms with van der Waals surface area (Å²) in [4.78, 5) is 9.18. The van der Waals surface area contributed by atoms with Gasteiger partial charge in [0.05, 0.1) is 0 Å². The SMILES string of the molecule is CNc1cc(Nc2cc(C)ccc2C)nc(C2CC2)n1. The van der Waals surface area contributed by atoms with Crippen LogP contribution in [0.5, 0.6) is 0 Å². The highest BCUT2D eigenvalue weighted by Crippen LogP contribution is 2.39. The van der Waals surface area contributed by atoms with Crippen molar-refractivity contribution < 1.29 is 0 Å². The van der Waals surface area contributed by atoms with E-state index in [-0.39, 0.29) is 0 Å². The molecule has 1 saturated carbocycles. The van der Waals surface area contributed by atoms with E-state index in [4.69, 9.17) is 0 Å². The Balaban J connectivity index is 1.93. The van der Waals surface area contributed by atoms with Gasteiger partial charge in [-0.1, -0.05) is 12.1 Å². The zero-order chi connectivity index (χ0) is 14.1. The van der Waals surface area contributed by atoms with Crippen molar-refractivity contribution in [3.63, 3.8) is 0 Å². The van der Waals surface area contributed by atoms with Crippen LogP contribution < -0.4 is 10.6 Å². The summed E-state index contributed by atoms with van der Waals surface area (Å²) in [5.41, 5.74) is 3.56. The van der Waals surface area contributed by atoms with E-state index in [0.29, 0.717) is 5.92 Å². The minimum atomic E-state index is 0.544. The number of anilines is 3. The van der Waals surface area contributed by atoms with Crippen molar-refractivity contribution in [2.45, 2.75) is 32.6 Å².